The number of pyridine rings is 1. The van der Waals surface area contributed by atoms with Crippen molar-refractivity contribution in [3.05, 3.63) is 93.5 Å². The third kappa shape index (κ3) is 6.16. The first-order valence-electron chi connectivity index (χ1n) is 13.9. The van der Waals surface area contributed by atoms with Crippen LogP contribution in [0.1, 0.15) is 43.9 Å². The molecule has 5 rings (SSSR count). The number of aryl methyl sites for hydroxylation is 2. The van der Waals surface area contributed by atoms with E-state index in [2.05, 4.69) is 15.7 Å². The summed E-state index contributed by atoms with van der Waals surface area (Å²) in [6.07, 6.45) is 3.86. The van der Waals surface area contributed by atoms with Gasteiger partial charge in [0.25, 0.3) is 11.5 Å². The molecule has 4 aromatic rings. The van der Waals surface area contributed by atoms with Gasteiger partial charge in [-0.2, -0.15) is 5.10 Å². The summed E-state index contributed by atoms with van der Waals surface area (Å²) in [5, 5.41) is 10.1. The van der Waals surface area contributed by atoms with Crippen molar-refractivity contribution in [2.75, 3.05) is 5.32 Å². The Bertz CT molecular complexity index is 1690. The molecule has 0 unspecified atom stereocenters. The molecular weight excluding hydrogens is 557 g/mol. The quantitative estimate of drug-likeness (QED) is 0.264. The van der Waals surface area contributed by atoms with E-state index in [1.54, 1.807) is 45.9 Å². The lowest BCUT2D eigenvalue weighted by molar-refractivity contribution is -0.131. The predicted molar refractivity (Wildman–Crippen MR) is 162 cm³/mol. The van der Waals surface area contributed by atoms with Crippen molar-refractivity contribution in [3.63, 3.8) is 0 Å². The molecule has 2 N–H and O–H groups in total. The Morgan fingerprint density at radius 3 is 2.33 bits per heavy atom. The third-order valence-electron chi connectivity index (χ3n) is 7.56. The first kappa shape index (κ1) is 29.3. The van der Waals surface area contributed by atoms with Gasteiger partial charge in [-0.1, -0.05) is 29.8 Å². The highest BCUT2D eigenvalue weighted by molar-refractivity contribution is 6.31. The number of halogens is 2. The Morgan fingerprint density at radius 1 is 1.05 bits per heavy atom. The highest BCUT2D eigenvalue weighted by Gasteiger charge is 2.51. The molecule has 0 radical (unpaired) electrons. The first-order chi connectivity index (χ1) is 19.9. The Balaban J connectivity index is 1.40. The van der Waals surface area contributed by atoms with Crippen LogP contribution >= 0.6 is 11.6 Å². The van der Waals surface area contributed by atoms with E-state index in [0.717, 1.165) is 27.9 Å². The van der Waals surface area contributed by atoms with Crippen molar-refractivity contribution >= 4 is 29.1 Å². The van der Waals surface area contributed by atoms with Crippen LogP contribution in [0.5, 0.6) is 0 Å². The van der Waals surface area contributed by atoms with Gasteiger partial charge in [-0.3, -0.25) is 19.1 Å². The minimum Gasteiger partial charge on any atom is -0.341 e. The zero-order valence-electron chi connectivity index (χ0n) is 23.9. The second kappa shape index (κ2) is 11.6. The monoisotopic (exact) mass is 589 g/mol. The standard InChI is InChI=1S/C32H33ClFN5O3/c1-19(2)39-18-23(8-12-28(39)40)22-7-11-26(33)24(15-22)16-27(37-31(42)32(34)13-14-32)30(41)36-25-9-5-21(6-10-25)29-20(3)17-35-38(29)4/h5-12,15,17-19,27H,13-14,16H2,1-4H3,(H,36,41)(H,37,42)/t27-/m0/s1. The highest BCUT2D eigenvalue weighted by Crippen LogP contribution is 2.40. The number of benzene rings is 2. The molecule has 2 heterocycles. The van der Waals surface area contributed by atoms with E-state index in [-0.39, 0.29) is 30.9 Å². The first-order valence-corrected chi connectivity index (χ1v) is 14.2. The molecule has 1 fully saturated rings. The average Bonchev–Trinajstić information content (AvgIpc) is 3.63. The molecule has 42 heavy (non-hydrogen) atoms. The number of nitrogens with zero attached hydrogens (tertiary/aromatic N) is 3. The number of anilines is 1. The van der Waals surface area contributed by atoms with Crippen LogP contribution in [0.2, 0.25) is 5.02 Å². The number of hydrogen-bond donors (Lipinski definition) is 2. The summed E-state index contributed by atoms with van der Waals surface area (Å²) in [7, 11) is 1.86. The van der Waals surface area contributed by atoms with Crippen molar-refractivity contribution in [1.29, 1.82) is 0 Å². The molecule has 1 atom stereocenters. The summed E-state index contributed by atoms with van der Waals surface area (Å²) < 4.78 is 18.0. The van der Waals surface area contributed by atoms with Crippen LogP contribution in [-0.2, 0) is 23.1 Å². The van der Waals surface area contributed by atoms with Crippen LogP contribution in [0.25, 0.3) is 22.4 Å². The van der Waals surface area contributed by atoms with Gasteiger partial charge >= 0.3 is 0 Å². The van der Waals surface area contributed by atoms with E-state index < -0.39 is 23.5 Å². The molecule has 0 spiro atoms. The van der Waals surface area contributed by atoms with Gasteiger partial charge in [0.15, 0.2) is 5.67 Å². The maximum absolute atomic E-state index is 14.6. The highest BCUT2D eigenvalue weighted by atomic mass is 35.5. The molecule has 0 aliphatic heterocycles. The predicted octanol–water partition coefficient (Wildman–Crippen LogP) is 5.63. The summed E-state index contributed by atoms with van der Waals surface area (Å²) in [6.45, 7) is 5.83. The van der Waals surface area contributed by atoms with Crippen LogP contribution in [0.3, 0.4) is 0 Å². The molecule has 0 saturated heterocycles. The Hall–Kier alpha value is -4.24. The van der Waals surface area contributed by atoms with E-state index in [1.165, 1.54) is 6.07 Å². The van der Waals surface area contributed by atoms with Crippen molar-refractivity contribution in [2.45, 2.75) is 57.8 Å². The maximum Gasteiger partial charge on any atom is 0.258 e. The molecule has 2 aromatic carbocycles. The van der Waals surface area contributed by atoms with E-state index in [0.29, 0.717) is 16.3 Å². The van der Waals surface area contributed by atoms with Gasteiger partial charge in [-0.15, -0.1) is 0 Å². The molecule has 0 bridgehead atoms. The van der Waals surface area contributed by atoms with Crippen molar-refractivity contribution in [2.24, 2.45) is 7.05 Å². The van der Waals surface area contributed by atoms with Gasteiger partial charge < -0.3 is 15.2 Å². The van der Waals surface area contributed by atoms with E-state index in [4.69, 9.17) is 11.6 Å². The van der Waals surface area contributed by atoms with Crippen LogP contribution in [0.15, 0.2) is 71.8 Å². The summed E-state index contributed by atoms with van der Waals surface area (Å²) >= 11 is 6.55. The third-order valence-corrected chi connectivity index (χ3v) is 7.93. The number of carbonyl (C=O) groups excluding carboxylic acids is 2. The number of hydrogen-bond acceptors (Lipinski definition) is 4. The number of amides is 2. The number of alkyl halides is 1. The molecule has 1 aliphatic rings. The Morgan fingerprint density at radius 2 is 1.71 bits per heavy atom. The topological polar surface area (TPSA) is 98.0 Å². The average molecular weight is 590 g/mol. The van der Waals surface area contributed by atoms with Gasteiger partial charge in [-0.05, 0) is 86.2 Å². The molecule has 1 aliphatic carbocycles. The molecular formula is C32H33ClFN5O3. The van der Waals surface area contributed by atoms with E-state index in [1.807, 2.05) is 52.1 Å². The summed E-state index contributed by atoms with van der Waals surface area (Å²) in [4.78, 5) is 38.4. The lowest BCUT2D eigenvalue weighted by Crippen LogP contribution is -2.48. The Kier molecular flexibility index (Phi) is 8.06. The fraction of sp³-hybridized carbons (Fsp3) is 0.312. The van der Waals surface area contributed by atoms with Gasteiger partial charge in [0, 0.05) is 48.0 Å². The minimum atomic E-state index is -1.95. The lowest BCUT2D eigenvalue weighted by Gasteiger charge is -2.21. The van der Waals surface area contributed by atoms with Gasteiger partial charge in [-0.25, -0.2) is 4.39 Å². The molecule has 218 valence electrons. The normalized spacial score (nSPS) is 14.5. The number of carbonyl (C=O) groups is 2. The zero-order valence-corrected chi connectivity index (χ0v) is 24.7. The fourth-order valence-corrected chi connectivity index (χ4v) is 5.14. The SMILES string of the molecule is Cc1cnn(C)c1-c1ccc(NC(=O)[C@H](Cc2cc(-c3ccc(=O)n(C(C)C)c3)ccc2Cl)NC(=O)C2(F)CC2)cc1. The Labute approximate surface area is 248 Å². The van der Waals surface area contributed by atoms with Crippen LogP contribution in [-0.4, -0.2) is 37.9 Å². The van der Waals surface area contributed by atoms with E-state index in [9.17, 15) is 18.8 Å². The summed E-state index contributed by atoms with van der Waals surface area (Å²) in [6, 6.07) is 14.8. The summed E-state index contributed by atoms with van der Waals surface area (Å²) in [5.41, 5.74) is 3.60. The number of aromatic nitrogens is 3. The van der Waals surface area contributed by atoms with Gasteiger partial charge in [0.05, 0.1) is 11.9 Å². The maximum atomic E-state index is 14.6. The molecule has 2 amide bonds. The fourth-order valence-electron chi connectivity index (χ4n) is 4.94. The minimum absolute atomic E-state index is 0.0230. The van der Waals surface area contributed by atoms with Crippen LogP contribution in [0.4, 0.5) is 10.1 Å². The van der Waals surface area contributed by atoms with Gasteiger partial charge in [0.2, 0.25) is 5.91 Å². The largest absolute Gasteiger partial charge is 0.341 e. The number of nitrogens with one attached hydrogen (secondary N) is 2. The molecule has 8 nitrogen and oxygen atoms in total. The zero-order chi connectivity index (χ0) is 30.2. The second-order valence-corrected chi connectivity index (χ2v) is 11.5. The van der Waals surface area contributed by atoms with Gasteiger partial charge in [0.1, 0.15) is 6.04 Å². The lowest BCUT2D eigenvalue weighted by atomic mass is 9.99. The van der Waals surface area contributed by atoms with Crippen molar-refractivity contribution in [1.82, 2.24) is 19.7 Å². The smallest absolute Gasteiger partial charge is 0.258 e. The van der Waals surface area contributed by atoms with E-state index >= 15 is 0 Å². The molecule has 2 aromatic heterocycles. The van der Waals surface area contributed by atoms with Crippen LogP contribution < -0.4 is 16.2 Å². The summed E-state index contributed by atoms with van der Waals surface area (Å²) in [5.74, 6) is -1.30. The molecule has 1 saturated carbocycles. The van der Waals surface area contributed by atoms with Crippen LogP contribution in [0, 0.1) is 6.92 Å². The molecule has 10 heteroatoms. The van der Waals surface area contributed by atoms with Crippen molar-refractivity contribution < 1.29 is 14.0 Å². The number of rotatable bonds is 9. The van der Waals surface area contributed by atoms with Crippen molar-refractivity contribution in [3.8, 4) is 22.4 Å². The second-order valence-electron chi connectivity index (χ2n) is 11.1.